The van der Waals surface area contributed by atoms with E-state index in [2.05, 4.69) is 4.74 Å². The van der Waals surface area contributed by atoms with Crippen molar-refractivity contribution in [3.8, 4) is 0 Å². The van der Waals surface area contributed by atoms with Crippen molar-refractivity contribution < 1.29 is 23.8 Å². The first kappa shape index (κ1) is 14.8. The van der Waals surface area contributed by atoms with Gasteiger partial charge in [0, 0.05) is 6.54 Å². The maximum atomic E-state index is 12.0. The molecule has 18 heavy (non-hydrogen) atoms. The van der Waals surface area contributed by atoms with Crippen LogP contribution in [-0.4, -0.2) is 55.5 Å². The van der Waals surface area contributed by atoms with Gasteiger partial charge in [0.25, 0.3) is 0 Å². The Labute approximate surface area is 107 Å². The molecule has 1 amide bonds. The number of ether oxygens (including phenoxy) is 3. The Morgan fingerprint density at radius 2 is 2.06 bits per heavy atom. The third-order valence-electron chi connectivity index (χ3n) is 2.49. The van der Waals surface area contributed by atoms with Crippen molar-refractivity contribution in [1.82, 2.24) is 4.90 Å². The zero-order chi connectivity index (χ0) is 13.8. The number of nitrogens with zero attached hydrogens (tertiary/aromatic N) is 1. The number of hydrogen-bond donors (Lipinski definition) is 0. The second-order valence-corrected chi connectivity index (χ2v) is 5.18. The van der Waals surface area contributed by atoms with E-state index in [-0.39, 0.29) is 18.4 Å². The Morgan fingerprint density at radius 3 is 2.61 bits per heavy atom. The first-order valence-corrected chi connectivity index (χ1v) is 5.97. The molecular weight excluding hydrogens is 238 g/mol. The van der Waals surface area contributed by atoms with Crippen LogP contribution in [0.5, 0.6) is 0 Å². The van der Waals surface area contributed by atoms with Gasteiger partial charge in [0.05, 0.1) is 32.8 Å². The van der Waals surface area contributed by atoms with Crippen molar-refractivity contribution in [2.75, 3.05) is 26.9 Å². The highest BCUT2D eigenvalue weighted by molar-refractivity contribution is 5.73. The molecule has 6 nitrogen and oxygen atoms in total. The minimum atomic E-state index is -0.550. The maximum absolute atomic E-state index is 12.0. The van der Waals surface area contributed by atoms with Crippen LogP contribution >= 0.6 is 0 Å². The van der Waals surface area contributed by atoms with Gasteiger partial charge in [-0.25, -0.2) is 4.79 Å². The van der Waals surface area contributed by atoms with Gasteiger partial charge in [-0.15, -0.1) is 0 Å². The van der Waals surface area contributed by atoms with E-state index in [4.69, 9.17) is 9.47 Å². The highest BCUT2D eigenvalue weighted by atomic mass is 16.6. The zero-order valence-corrected chi connectivity index (χ0v) is 11.4. The first-order chi connectivity index (χ1) is 8.33. The van der Waals surface area contributed by atoms with Crippen LogP contribution in [-0.2, 0) is 19.0 Å². The number of methoxy groups -OCH3 is 1. The number of morpholine rings is 1. The summed E-state index contributed by atoms with van der Waals surface area (Å²) in [6, 6.07) is -0.318. The van der Waals surface area contributed by atoms with Crippen LogP contribution in [0.4, 0.5) is 4.79 Å². The van der Waals surface area contributed by atoms with Crippen LogP contribution in [0, 0.1) is 0 Å². The van der Waals surface area contributed by atoms with Crippen LogP contribution in [0.2, 0.25) is 0 Å². The predicted octanol–water partition coefficient (Wildman–Crippen LogP) is 1.19. The van der Waals surface area contributed by atoms with Crippen molar-refractivity contribution in [3.63, 3.8) is 0 Å². The van der Waals surface area contributed by atoms with Crippen molar-refractivity contribution in [3.05, 3.63) is 0 Å². The van der Waals surface area contributed by atoms with Gasteiger partial charge < -0.3 is 14.2 Å². The number of esters is 1. The van der Waals surface area contributed by atoms with Gasteiger partial charge in [-0.1, -0.05) is 0 Å². The summed E-state index contributed by atoms with van der Waals surface area (Å²) in [7, 11) is 1.32. The summed E-state index contributed by atoms with van der Waals surface area (Å²) in [6.07, 6.45) is -0.296. The molecule has 1 aliphatic heterocycles. The van der Waals surface area contributed by atoms with Gasteiger partial charge in [-0.2, -0.15) is 0 Å². The molecular formula is C12H21NO5. The standard InChI is InChI=1S/C12H21NO5/c1-12(2,3)18-11(15)13-5-6-17-8-9(13)7-10(14)16-4/h9H,5-8H2,1-4H3/t9-/m1/s1. The summed E-state index contributed by atoms with van der Waals surface area (Å²) in [5, 5.41) is 0. The number of carbonyl (C=O) groups excluding carboxylic acids is 2. The Hall–Kier alpha value is -1.30. The van der Waals surface area contributed by atoms with Crippen molar-refractivity contribution in [2.45, 2.75) is 38.8 Å². The third-order valence-corrected chi connectivity index (χ3v) is 2.49. The average molecular weight is 259 g/mol. The maximum Gasteiger partial charge on any atom is 0.410 e. The van der Waals surface area contributed by atoms with E-state index in [0.29, 0.717) is 19.8 Å². The van der Waals surface area contributed by atoms with Gasteiger partial charge in [0.1, 0.15) is 5.60 Å². The summed E-state index contributed by atoms with van der Waals surface area (Å²) >= 11 is 0. The summed E-state index contributed by atoms with van der Waals surface area (Å²) < 4.78 is 15.2. The lowest BCUT2D eigenvalue weighted by molar-refractivity contribution is -0.143. The second-order valence-electron chi connectivity index (χ2n) is 5.18. The van der Waals surface area contributed by atoms with E-state index in [9.17, 15) is 9.59 Å². The molecule has 0 aromatic carbocycles. The fourth-order valence-corrected chi connectivity index (χ4v) is 1.66. The Balaban J connectivity index is 2.64. The summed E-state index contributed by atoms with van der Waals surface area (Å²) in [5.41, 5.74) is -0.550. The van der Waals surface area contributed by atoms with Gasteiger partial charge in [-0.3, -0.25) is 9.69 Å². The van der Waals surface area contributed by atoms with E-state index in [1.54, 1.807) is 20.8 Å². The molecule has 104 valence electrons. The molecule has 0 aromatic heterocycles. The smallest absolute Gasteiger partial charge is 0.410 e. The van der Waals surface area contributed by atoms with Crippen LogP contribution in [0.15, 0.2) is 0 Å². The largest absolute Gasteiger partial charge is 0.469 e. The topological polar surface area (TPSA) is 65.1 Å². The molecule has 0 unspecified atom stereocenters. The van der Waals surface area contributed by atoms with Crippen LogP contribution < -0.4 is 0 Å². The monoisotopic (exact) mass is 259 g/mol. The van der Waals surface area contributed by atoms with Gasteiger partial charge in [0.15, 0.2) is 0 Å². The van der Waals surface area contributed by atoms with Crippen LogP contribution in [0.25, 0.3) is 0 Å². The molecule has 1 fully saturated rings. The fraction of sp³-hybridized carbons (Fsp3) is 0.833. The number of rotatable bonds is 2. The molecule has 1 atom stereocenters. The summed E-state index contributed by atoms with van der Waals surface area (Å²) in [6.45, 7) is 6.63. The van der Waals surface area contributed by atoms with Gasteiger partial charge in [0.2, 0.25) is 0 Å². The highest BCUT2D eigenvalue weighted by Crippen LogP contribution is 2.16. The molecule has 1 saturated heterocycles. The molecule has 1 rings (SSSR count). The molecule has 0 aromatic rings. The van der Waals surface area contributed by atoms with E-state index in [1.807, 2.05) is 0 Å². The molecule has 0 radical (unpaired) electrons. The van der Waals surface area contributed by atoms with E-state index in [1.165, 1.54) is 12.0 Å². The van der Waals surface area contributed by atoms with Crippen LogP contribution in [0.3, 0.4) is 0 Å². The number of amides is 1. The lowest BCUT2D eigenvalue weighted by Crippen LogP contribution is -2.51. The SMILES string of the molecule is COC(=O)C[C@@H]1COCCN1C(=O)OC(C)(C)C. The summed E-state index contributed by atoms with van der Waals surface area (Å²) in [4.78, 5) is 24.8. The quantitative estimate of drug-likeness (QED) is 0.697. The van der Waals surface area contributed by atoms with Gasteiger partial charge >= 0.3 is 12.1 Å². The average Bonchev–Trinajstić information content (AvgIpc) is 2.27. The summed E-state index contributed by atoms with van der Waals surface area (Å²) in [5.74, 6) is -0.362. The second kappa shape index (κ2) is 6.04. The third kappa shape index (κ3) is 4.52. The molecule has 1 aliphatic rings. The molecule has 6 heteroatoms. The lowest BCUT2D eigenvalue weighted by atomic mass is 10.1. The minimum absolute atomic E-state index is 0.121. The molecule has 0 saturated carbocycles. The van der Waals surface area contributed by atoms with E-state index < -0.39 is 11.7 Å². The van der Waals surface area contributed by atoms with Crippen molar-refractivity contribution in [2.24, 2.45) is 0 Å². The zero-order valence-electron chi connectivity index (χ0n) is 11.4. The van der Waals surface area contributed by atoms with Crippen molar-refractivity contribution in [1.29, 1.82) is 0 Å². The Kier molecular flexibility index (Phi) is 4.95. The number of carbonyl (C=O) groups is 2. The van der Waals surface area contributed by atoms with Gasteiger partial charge in [-0.05, 0) is 20.8 Å². The van der Waals surface area contributed by atoms with Crippen molar-refractivity contribution >= 4 is 12.1 Å². The lowest BCUT2D eigenvalue weighted by Gasteiger charge is -2.36. The molecule has 0 N–H and O–H groups in total. The fourth-order valence-electron chi connectivity index (χ4n) is 1.66. The minimum Gasteiger partial charge on any atom is -0.469 e. The normalized spacial score (nSPS) is 20.4. The van der Waals surface area contributed by atoms with E-state index >= 15 is 0 Å². The Bertz CT molecular complexity index is 310. The molecule has 0 aliphatic carbocycles. The Morgan fingerprint density at radius 1 is 1.39 bits per heavy atom. The predicted molar refractivity (Wildman–Crippen MR) is 64.2 cm³/mol. The van der Waals surface area contributed by atoms with E-state index in [0.717, 1.165) is 0 Å². The first-order valence-electron chi connectivity index (χ1n) is 5.97. The van der Waals surface area contributed by atoms with Crippen LogP contribution in [0.1, 0.15) is 27.2 Å². The number of hydrogen-bond acceptors (Lipinski definition) is 5. The molecule has 1 heterocycles. The molecule has 0 spiro atoms. The molecule has 0 bridgehead atoms. The highest BCUT2D eigenvalue weighted by Gasteiger charge is 2.32.